The Bertz CT molecular complexity index is 4.00. The van der Waals surface area contributed by atoms with E-state index in [9.17, 15) is 0 Å². The van der Waals surface area contributed by atoms with E-state index in [1.165, 1.54) is 0 Å². The van der Waals surface area contributed by atoms with Crippen LogP contribution in [0.1, 0.15) is 0 Å². The summed E-state index contributed by atoms with van der Waals surface area (Å²) in [5, 5.41) is 0. The van der Waals surface area contributed by atoms with Crippen LogP contribution in [0.25, 0.3) is 0 Å². The molecule has 0 nitrogen and oxygen atoms in total. The van der Waals surface area contributed by atoms with Crippen LogP contribution in [-0.2, 0) is 0 Å². The van der Waals surface area contributed by atoms with E-state index < -0.39 is 0 Å². The summed E-state index contributed by atoms with van der Waals surface area (Å²) < 4.78 is 0. The zero-order valence-electron chi connectivity index (χ0n) is 1.76. The highest BCUT2D eigenvalue weighted by Crippen LogP contribution is -0.380. The van der Waals surface area contributed by atoms with Crippen LogP contribution < -0.4 is 24.8 Å². The normalized spacial score (nSPS) is 0. The van der Waals surface area contributed by atoms with Gasteiger partial charge in [0.05, 0.1) is 0 Å². The van der Waals surface area contributed by atoms with Crippen LogP contribution in [-0.4, -0.2) is 21.9 Å². The van der Waals surface area contributed by atoms with Crippen molar-refractivity contribution in [1.82, 2.24) is 0 Å². The standard InChI is InChI=1S/2ClH.2Si/h2*1H;;/p-2. The molecule has 0 saturated carbocycles. The van der Waals surface area contributed by atoms with Gasteiger partial charge in [-0.3, -0.25) is 0 Å². The fourth-order valence-electron chi connectivity index (χ4n) is 0. The van der Waals surface area contributed by atoms with Crippen LogP contribution in [0.5, 0.6) is 0 Å². The van der Waals surface area contributed by atoms with Gasteiger partial charge in [-0.15, -0.1) is 0 Å². The Morgan fingerprint density at radius 2 is 0.500 bits per heavy atom. The molecule has 0 heterocycles. The molecule has 0 aromatic carbocycles. The molecule has 0 aromatic heterocycles. The lowest BCUT2D eigenvalue weighted by Crippen LogP contribution is -3.00. The molecule has 8 radical (unpaired) electrons. The molecule has 0 aliphatic carbocycles. The van der Waals surface area contributed by atoms with E-state index in [1.54, 1.807) is 0 Å². The molecular formula is Cl2Si2-2. The van der Waals surface area contributed by atoms with E-state index in [2.05, 4.69) is 0 Å². The predicted molar refractivity (Wildman–Crippen MR) is 11.5 cm³/mol. The summed E-state index contributed by atoms with van der Waals surface area (Å²) in [6.45, 7) is 0. The average molecular weight is 127 g/mol. The van der Waals surface area contributed by atoms with Gasteiger partial charge < -0.3 is 24.8 Å². The van der Waals surface area contributed by atoms with Crippen LogP contribution in [0.4, 0.5) is 0 Å². The molecule has 0 fully saturated rings. The first kappa shape index (κ1) is 78.6. The van der Waals surface area contributed by atoms with E-state index in [0.29, 0.717) is 0 Å². The molecule has 0 amide bonds. The summed E-state index contributed by atoms with van der Waals surface area (Å²) in [6, 6.07) is 0. The molecule has 4 heavy (non-hydrogen) atoms. The van der Waals surface area contributed by atoms with Crippen LogP contribution >= 0.6 is 0 Å². The van der Waals surface area contributed by atoms with Crippen LogP contribution in [0, 0.1) is 0 Å². The maximum atomic E-state index is 0. The molecular weight excluding hydrogens is 127 g/mol. The molecule has 0 rings (SSSR count). The number of hydrogen-bond acceptors (Lipinski definition) is 0. The van der Waals surface area contributed by atoms with Gasteiger partial charge in [-0.05, 0) is 0 Å². The van der Waals surface area contributed by atoms with Crippen LogP contribution in [0.2, 0.25) is 0 Å². The quantitative estimate of drug-likeness (QED) is 0.284. The molecule has 24 valence electrons. The smallest absolute Gasteiger partial charge is 0 e. The molecule has 0 saturated heterocycles. The van der Waals surface area contributed by atoms with Crippen molar-refractivity contribution in [2.45, 2.75) is 0 Å². The minimum absolute atomic E-state index is 0. The Kier molecular flexibility index (Phi) is 697. The van der Waals surface area contributed by atoms with Crippen molar-refractivity contribution < 1.29 is 24.8 Å². The molecule has 0 aliphatic rings. The second kappa shape index (κ2) is 35.5. The summed E-state index contributed by atoms with van der Waals surface area (Å²) in [6.07, 6.45) is 0. The first-order chi connectivity index (χ1) is 0. The highest BCUT2D eigenvalue weighted by Gasteiger charge is 0.00100. The van der Waals surface area contributed by atoms with Gasteiger partial charge in [0.25, 0.3) is 0 Å². The van der Waals surface area contributed by atoms with Crippen molar-refractivity contribution in [1.29, 1.82) is 0 Å². The Morgan fingerprint density at radius 1 is 0.500 bits per heavy atom. The summed E-state index contributed by atoms with van der Waals surface area (Å²) in [5.41, 5.74) is 0. The number of rotatable bonds is 0. The fourth-order valence-corrected chi connectivity index (χ4v) is 0. The van der Waals surface area contributed by atoms with Crippen molar-refractivity contribution in [3.8, 4) is 0 Å². The molecule has 0 aliphatic heterocycles. The zero-order chi connectivity index (χ0) is 0. The van der Waals surface area contributed by atoms with Crippen molar-refractivity contribution in [2.24, 2.45) is 0 Å². The van der Waals surface area contributed by atoms with Gasteiger partial charge in [0.1, 0.15) is 0 Å². The maximum Gasteiger partial charge on any atom is 0 e. The zero-order valence-corrected chi connectivity index (χ0v) is 5.27. The second-order valence-corrected chi connectivity index (χ2v) is 0. The fraction of sp³-hybridized carbons (Fsp3) is 0. The van der Waals surface area contributed by atoms with Gasteiger partial charge in [0.15, 0.2) is 0 Å². The van der Waals surface area contributed by atoms with E-state index in [1.807, 2.05) is 0 Å². The summed E-state index contributed by atoms with van der Waals surface area (Å²) in [4.78, 5) is 0. The van der Waals surface area contributed by atoms with Gasteiger partial charge in [-0.25, -0.2) is 0 Å². The third kappa shape index (κ3) is 11.9. The van der Waals surface area contributed by atoms with Crippen molar-refractivity contribution in [3.05, 3.63) is 0 Å². The molecule has 0 aromatic rings. The monoisotopic (exact) mass is 126 g/mol. The predicted octanol–water partition coefficient (Wildman–Crippen LogP) is -6.75. The van der Waals surface area contributed by atoms with E-state index >= 15 is 0 Å². The summed E-state index contributed by atoms with van der Waals surface area (Å²) in [7, 11) is 0. The Labute approximate surface area is 47.2 Å². The number of halogens is 2. The summed E-state index contributed by atoms with van der Waals surface area (Å²) >= 11 is 0. The highest BCUT2D eigenvalue weighted by molar-refractivity contribution is 5.76. The van der Waals surface area contributed by atoms with E-state index in [0.717, 1.165) is 0 Å². The first-order valence-corrected chi connectivity index (χ1v) is 0. The minimum atomic E-state index is 0. The molecule has 0 spiro atoms. The minimum Gasteiger partial charge on any atom is -1.00 e. The van der Waals surface area contributed by atoms with Gasteiger partial charge in [0, 0.05) is 21.9 Å². The molecule has 0 unspecified atom stereocenters. The summed E-state index contributed by atoms with van der Waals surface area (Å²) in [5.74, 6) is 0. The number of hydrogen-bond donors (Lipinski definition) is 0. The van der Waals surface area contributed by atoms with Gasteiger partial charge in [-0.2, -0.15) is 0 Å². The topological polar surface area (TPSA) is 0 Å². The lowest BCUT2D eigenvalue weighted by molar-refractivity contribution is -0.001000. The molecule has 0 bridgehead atoms. The third-order valence-electron chi connectivity index (χ3n) is 0. The molecule has 0 N–H and O–H groups in total. The van der Waals surface area contributed by atoms with Crippen molar-refractivity contribution in [2.75, 3.05) is 0 Å². The van der Waals surface area contributed by atoms with Gasteiger partial charge >= 0.3 is 0 Å². The van der Waals surface area contributed by atoms with Gasteiger partial charge in [0.2, 0.25) is 0 Å². The average Bonchev–Trinajstić information content (AvgIpc) is 0. The van der Waals surface area contributed by atoms with Crippen LogP contribution in [0.15, 0.2) is 0 Å². The lowest BCUT2D eigenvalue weighted by atomic mass is 28.1. The third-order valence-corrected chi connectivity index (χ3v) is 0. The lowest BCUT2D eigenvalue weighted by Gasteiger charge is -1.00. The second-order valence-electron chi connectivity index (χ2n) is 0. The maximum absolute atomic E-state index is 0. The Balaban J connectivity index is 0. The largest absolute Gasteiger partial charge is 1.00 e. The van der Waals surface area contributed by atoms with Gasteiger partial charge in [-0.1, -0.05) is 0 Å². The van der Waals surface area contributed by atoms with Crippen molar-refractivity contribution in [3.63, 3.8) is 0 Å². The molecule has 4 heteroatoms. The highest BCUT2D eigenvalue weighted by atomic mass is 35.5. The van der Waals surface area contributed by atoms with E-state index in [4.69, 9.17) is 0 Å². The first-order valence-electron chi connectivity index (χ1n) is 0. The Hall–Kier alpha value is 1.01. The van der Waals surface area contributed by atoms with Crippen molar-refractivity contribution >= 4 is 21.9 Å². The SMILES string of the molecule is [Cl-].[Cl-].[Si].[Si]. The Morgan fingerprint density at radius 3 is 0.500 bits per heavy atom. The molecule has 0 atom stereocenters. The van der Waals surface area contributed by atoms with Crippen LogP contribution in [0.3, 0.4) is 0 Å². The van der Waals surface area contributed by atoms with E-state index in [-0.39, 0.29) is 46.7 Å².